The zero-order valence-corrected chi connectivity index (χ0v) is 11.3. The first-order valence-electron chi connectivity index (χ1n) is 6.41. The number of hydrogen-bond acceptors (Lipinski definition) is 3. The van der Waals surface area contributed by atoms with E-state index >= 15 is 0 Å². The number of rotatable bonds is 5. The Balaban J connectivity index is 2.44. The molecule has 0 saturated carbocycles. The van der Waals surface area contributed by atoms with Gasteiger partial charge in [-0.2, -0.15) is 13.2 Å². The van der Waals surface area contributed by atoms with Gasteiger partial charge in [0, 0.05) is 32.7 Å². The predicted octanol–water partition coefficient (Wildman–Crippen LogP) is 1.67. The number of carboxylic acid groups (broad SMARTS) is 1. The van der Waals surface area contributed by atoms with Crippen LogP contribution in [0.15, 0.2) is 0 Å². The fourth-order valence-corrected chi connectivity index (χ4v) is 2.18. The normalized spacial score (nSPS) is 22.2. The fourth-order valence-electron chi connectivity index (χ4n) is 2.18. The molecule has 1 heterocycles. The Hall–Kier alpha value is -0.820. The summed E-state index contributed by atoms with van der Waals surface area (Å²) in [6, 6.07) is 0. The zero-order valence-electron chi connectivity index (χ0n) is 11.3. The molecule has 0 aliphatic carbocycles. The van der Waals surface area contributed by atoms with Crippen LogP contribution in [0.1, 0.15) is 20.3 Å². The van der Waals surface area contributed by atoms with Crippen LogP contribution in [0.3, 0.4) is 0 Å². The molecule has 1 aliphatic heterocycles. The van der Waals surface area contributed by atoms with Crippen molar-refractivity contribution in [1.29, 1.82) is 0 Å². The van der Waals surface area contributed by atoms with Gasteiger partial charge in [0.1, 0.15) is 0 Å². The number of carbonyl (C=O) groups is 1. The molecule has 1 rings (SSSR count). The first kappa shape index (κ1) is 16.2. The summed E-state index contributed by atoms with van der Waals surface area (Å²) < 4.78 is 36.7. The van der Waals surface area contributed by atoms with Crippen molar-refractivity contribution >= 4 is 5.97 Å². The highest BCUT2D eigenvalue weighted by molar-refractivity contribution is 5.74. The fraction of sp³-hybridized carbons (Fsp3) is 0.917. The highest BCUT2D eigenvalue weighted by Crippen LogP contribution is 2.24. The minimum absolute atomic E-state index is 0.332. The van der Waals surface area contributed by atoms with Gasteiger partial charge in [0.15, 0.2) is 0 Å². The summed E-state index contributed by atoms with van der Waals surface area (Å²) in [5, 5.41) is 9.18. The molecule has 7 heteroatoms. The number of alkyl halides is 3. The minimum Gasteiger partial charge on any atom is -0.481 e. The van der Waals surface area contributed by atoms with Gasteiger partial charge in [-0.1, -0.05) is 6.92 Å². The summed E-state index contributed by atoms with van der Waals surface area (Å²) in [7, 11) is 0. The van der Waals surface area contributed by atoms with Crippen LogP contribution in [-0.2, 0) is 4.79 Å². The van der Waals surface area contributed by atoms with E-state index < -0.39 is 24.1 Å². The molecule has 0 aromatic rings. The van der Waals surface area contributed by atoms with E-state index in [0.29, 0.717) is 39.1 Å². The first-order valence-corrected chi connectivity index (χ1v) is 6.41. The molecular formula is C12H21F3N2O2. The van der Waals surface area contributed by atoms with Crippen molar-refractivity contribution in [2.45, 2.75) is 26.4 Å². The highest BCUT2D eigenvalue weighted by Gasteiger charge is 2.36. The third-order valence-electron chi connectivity index (χ3n) is 3.74. The Morgan fingerprint density at radius 3 is 1.84 bits per heavy atom. The second-order valence-corrected chi connectivity index (χ2v) is 5.39. The molecule has 0 aromatic heterocycles. The van der Waals surface area contributed by atoms with E-state index in [-0.39, 0.29) is 0 Å². The highest BCUT2D eigenvalue weighted by atomic mass is 19.4. The van der Waals surface area contributed by atoms with Crippen LogP contribution in [0, 0.1) is 5.41 Å². The third kappa shape index (κ3) is 4.99. The third-order valence-corrected chi connectivity index (χ3v) is 3.74. The molecule has 112 valence electrons. The Bertz CT molecular complexity index is 315. The number of nitrogens with zero attached hydrogens (tertiary/aromatic N) is 2. The average molecular weight is 282 g/mol. The summed E-state index contributed by atoms with van der Waals surface area (Å²) >= 11 is 0. The lowest BCUT2D eigenvalue weighted by molar-refractivity contribution is -0.152. The van der Waals surface area contributed by atoms with Crippen LogP contribution in [0.2, 0.25) is 0 Å². The molecular weight excluding hydrogens is 261 g/mol. The lowest BCUT2D eigenvalue weighted by Gasteiger charge is -2.38. The molecule has 0 aromatic carbocycles. The summed E-state index contributed by atoms with van der Waals surface area (Å²) in [5.41, 5.74) is -0.827. The van der Waals surface area contributed by atoms with Crippen LogP contribution in [0.4, 0.5) is 13.2 Å². The average Bonchev–Trinajstić information content (AvgIpc) is 2.29. The van der Waals surface area contributed by atoms with Gasteiger partial charge in [-0.05, 0) is 13.3 Å². The van der Waals surface area contributed by atoms with Crippen molar-refractivity contribution < 1.29 is 23.1 Å². The Morgan fingerprint density at radius 1 is 1.11 bits per heavy atom. The maximum Gasteiger partial charge on any atom is 0.401 e. The summed E-state index contributed by atoms with van der Waals surface area (Å²) in [4.78, 5) is 14.5. The topological polar surface area (TPSA) is 43.8 Å². The molecule has 1 saturated heterocycles. The summed E-state index contributed by atoms with van der Waals surface area (Å²) in [6.07, 6.45) is -3.66. The van der Waals surface area contributed by atoms with E-state index in [1.807, 2.05) is 11.8 Å². The smallest absolute Gasteiger partial charge is 0.401 e. The van der Waals surface area contributed by atoms with Gasteiger partial charge >= 0.3 is 12.1 Å². The Kier molecular flexibility index (Phi) is 5.20. The molecule has 0 amide bonds. The van der Waals surface area contributed by atoms with Gasteiger partial charge in [-0.25, -0.2) is 0 Å². The molecule has 0 bridgehead atoms. The molecule has 1 fully saturated rings. The molecule has 1 N–H and O–H groups in total. The van der Waals surface area contributed by atoms with E-state index in [1.54, 1.807) is 6.92 Å². The number of piperazine rings is 1. The molecule has 4 nitrogen and oxygen atoms in total. The maximum atomic E-state index is 12.2. The van der Waals surface area contributed by atoms with Crippen molar-refractivity contribution in [2.24, 2.45) is 5.41 Å². The van der Waals surface area contributed by atoms with Crippen molar-refractivity contribution in [3.8, 4) is 0 Å². The lowest BCUT2D eigenvalue weighted by atomic mass is 9.87. The van der Waals surface area contributed by atoms with Crippen molar-refractivity contribution in [3.05, 3.63) is 0 Å². The van der Waals surface area contributed by atoms with Crippen molar-refractivity contribution in [1.82, 2.24) is 9.80 Å². The standard InChI is InChI=1S/C12H21F3N2O2/c1-3-11(2,10(18)19)8-16-4-6-17(7-5-16)9-12(13,14)15/h3-9H2,1-2H3,(H,18,19). The molecule has 1 aliphatic rings. The first-order chi connectivity index (χ1) is 8.66. The van der Waals surface area contributed by atoms with Gasteiger partial charge in [0.05, 0.1) is 12.0 Å². The molecule has 1 unspecified atom stereocenters. The van der Waals surface area contributed by atoms with Crippen LogP contribution in [-0.4, -0.2) is 66.3 Å². The van der Waals surface area contributed by atoms with Crippen LogP contribution in [0.5, 0.6) is 0 Å². The van der Waals surface area contributed by atoms with Crippen molar-refractivity contribution in [3.63, 3.8) is 0 Å². The van der Waals surface area contributed by atoms with Gasteiger partial charge in [-0.15, -0.1) is 0 Å². The SMILES string of the molecule is CCC(C)(CN1CCN(CC(F)(F)F)CC1)C(=O)O. The number of hydrogen-bond donors (Lipinski definition) is 1. The second-order valence-electron chi connectivity index (χ2n) is 5.39. The van der Waals surface area contributed by atoms with Crippen LogP contribution in [0.25, 0.3) is 0 Å². The van der Waals surface area contributed by atoms with Crippen LogP contribution < -0.4 is 0 Å². The largest absolute Gasteiger partial charge is 0.481 e. The van der Waals surface area contributed by atoms with Gasteiger partial charge < -0.3 is 5.11 Å². The zero-order chi connectivity index (χ0) is 14.7. The van der Waals surface area contributed by atoms with E-state index in [2.05, 4.69) is 0 Å². The predicted molar refractivity (Wildman–Crippen MR) is 65.0 cm³/mol. The van der Waals surface area contributed by atoms with Gasteiger partial charge in [-0.3, -0.25) is 14.6 Å². The second kappa shape index (κ2) is 6.09. The molecule has 0 spiro atoms. The monoisotopic (exact) mass is 282 g/mol. The number of halogens is 3. The number of carboxylic acids is 1. The van der Waals surface area contributed by atoms with E-state index in [4.69, 9.17) is 0 Å². The summed E-state index contributed by atoms with van der Waals surface area (Å²) in [6.45, 7) is 4.63. The molecule has 19 heavy (non-hydrogen) atoms. The lowest BCUT2D eigenvalue weighted by Crippen LogP contribution is -2.52. The Morgan fingerprint density at radius 2 is 1.53 bits per heavy atom. The van der Waals surface area contributed by atoms with E-state index in [0.717, 1.165) is 0 Å². The van der Waals surface area contributed by atoms with Crippen LogP contribution >= 0.6 is 0 Å². The van der Waals surface area contributed by atoms with Gasteiger partial charge in [0.25, 0.3) is 0 Å². The molecule has 0 radical (unpaired) electrons. The quantitative estimate of drug-likeness (QED) is 0.833. The number of aliphatic carboxylic acids is 1. The van der Waals surface area contributed by atoms with Gasteiger partial charge in [0.2, 0.25) is 0 Å². The summed E-state index contributed by atoms with van der Waals surface area (Å²) in [5.74, 6) is -0.854. The van der Waals surface area contributed by atoms with E-state index in [1.165, 1.54) is 4.90 Å². The maximum absolute atomic E-state index is 12.2. The Labute approximate surface area is 111 Å². The molecule has 1 atom stereocenters. The van der Waals surface area contributed by atoms with E-state index in [9.17, 15) is 23.1 Å². The minimum atomic E-state index is -4.17. The van der Waals surface area contributed by atoms with Crippen molar-refractivity contribution in [2.75, 3.05) is 39.3 Å².